The largest absolute Gasteiger partial charge is 0.496 e. The molecule has 0 atom stereocenters. The molecule has 112 valence electrons. The second-order valence-electron chi connectivity index (χ2n) is 4.75. The smallest absolute Gasteiger partial charge is 0.214 e. The molecule has 0 bridgehead atoms. The zero-order chi connectivity index (χ0) is 14.6. The summed E-state index contributed by atoms with van der Waals surface area (Å²) in [5.74, 6) is 0.619. The number of hydrogen-bond donors (Lipinski definition) is 2. The van der Waals surface area contributed by atoms with Crippen molar-refractivity contribution in [2.75, 3.05) is 26.1 Å². The number of anilines is 1. The maximum atomic E-state index is 12.2. The first-order chi connectivity index (χ1) is 9.53. The van der Waals surface area contributed by atoms with Gasteiger partial charge < -0.3 is 15.2 Å². The van der Waals surface area contributed by atoms with E-state index in [2.05, 4.69) is 4.72 Å². The molecule has 1 aromatic rings. The Hall–Kier alpha value is -1.31. The first-order valence-electron chi connectivity index (χ1n) is 6.51. The molecule has 1 aliphatic heterocycles. The molecule has 0 unspecified atom stereocenters. The van der Waals surface area contributed by atoms with Crippen molar-refractivity contribution in [1.29, 1.82) is 0 Å². The highest BCUT2D eigenvalue weighted by Crippen LogP contribution is 2.22. The topological polar surface area (TPSA) is 90.6 Å². The van der Waals surface area contributed by atoms with Gasteiger partial charge in [-0.2, -0.15) is 0 Å². The summed E-state index contributed by atoms with van der Waals surface area (Å²) < 4.78 is 37.4. The van der Waals surface area contributed by atoms with Gasteiger partial charge in [-0.1, -0.05) is 0 Å². The fourth-order valence-electron chi connectivity index (χ4n) is 2.22. The Morgan fingerprint density at radius 1 is 1.40 bits per heavy atom. The summed E-state index contributed by atoms with van der Waals surface area (Å²) >= 11 is 0. The summed E-state index contributed by atoms with van der Waals surface area (Å²) in [7, 11) is -1.80. The van der Waals surface area contributed by atoms with E-state index in [1.807, 2.05) is 0 Å². The van der Waals surface area contributed by atoms with E-state index in [0.717, 1.165) is 5.56 Å². The maximum Gasteiger partial charge on any atom is 0.214 e. The molecule has 1 heterocycles. The van der Waals surface area contributed by atoms with Crippen molar-refractivity contribution in [1.82, 2.24) is 4.72 Å². The van der Waals surface area contributed by atoms with Crippen LogP contribution in [0.25, 0.3) is 0 Å². The quantitative estimate of drug-likeness (QED) is 0.788. The Kier molecular flexibility index (Phi) is 4.85. The Balaban J connectivity index is 2.05. The molecule has 1 fully saturated rings. The van der Waals surface area contributed by atoms with Gasteiger partial charge in [-0.05, 0) is 31.0 Å². The van der Waals surface area contributed by atoms with Crippen molar-refractivity contribution in [3.05, 3.63) is 23.8 Å². The fraction of sp³-hybridized carbons (Fsp3) is 0.538. The van der Waals surface area contributed by atoms with Gasteiger partial charge in [0.15, 0.2) is 0 Å². The Labute approximate surface area is 119 Å². The van der Waals surface area contributed by atoms with Crippen LogP contribution in [0, 0.1) is 0 Å². The molecule has 6 nitrogen and oxygen atoms in total. The lowest BCUT2D eigenvalue weighted by atomic mass is 10.2. The zero-order valence-electron chi connectivity index (χ0n) is 11.5. The number of nitrogens with two attached hydrogens (primary N) is 1. The second kappa shape index (κ2) is 6.43. The molecule has 7 heteroatoms. The number of nitrogens with one attached hydrogen (secondary N) is 1. The maximum absolute atomic E-state index is 12.2. The number of nitrogen functional groups attached to an aromatic ring is 1. The molecular weight excluding hydrogens is 280 g/mol. The minimum atomic E-state index is -3.35. The van der Waals surface area contributed by atoms with E-state index in [9.17, 15) is 8.42 Å². The van der Waals surface area contributed by atoms with Crippen molar-refractivity contribution >= 4 is 15.7 Å². The van der Waals surface area contributed by atoms with E-state index in [-0.39, 0.29) is 11.8 Å². The molecular formula is C13H20N2O4S. The van der Waals surface area contributed by atoms with Crippen LogP contribution in [0.1, 0.15) is 18.4 Å². The van der Waals surface area contributed by atoms with Gasteiger partial charge in [-0.3, -0.25) is 0 Å². The van der Waals surface area contributed by atoms with Gasteiger partial charge in [-0.15, -0.1) is 0 Å². The molecule has 0 saturated carbocycles. The Bertz CT molecular complexity index is 553. The zero-order valence-corrected chi connectivity index (χ0v) is 12.3. The van der Waals surface area contributed by atoms with Crippen molar-refractivity contribution in [3.8, 4) is 5.75 Å². The van der Waals surface area contributed by atoms with Gasteiger partial charge in [0, 0.05) is 31.0 Å². The third-order valence-electron chi connectivity index (χ3n) is 3.38. The Morgan fingerprint density at radius 3 is 2.75 bits per heavy atom. The molecule has 1 aliphatic rings. The van der Waals surface area contributed by atoms with Crippen LogP contribution in [0.4, 0.5) is 5.69 Å². The van der Waals surface area contributed by atoms with Crippen LogP contribution in [0.5, 0.6) is 5.75 Å². The number of ether oxygens (including phenoxy) is 2. The number of methoxy groups -OCH3 is 1. The van der Waals surface area contributed by atoms with Crippen molar-refractivity contribution in [3.63, 3.8) is 0 Å². The SMILES string of the molecule is COc1ccc(N)cc1CNS(=O)(=O)C1CCOCC1. The van der Waals surface area contributed by atoms with Crippen LogP contribution in [0.15, 0.2) is 18.2 Å². The highest BCUT2D eigenvalue weighted by Gasteiger charge is 2.27. The normalized spacial score (nSPS) is 17.1. The predicted molar refractivity (Wildman–Crippen MR) is 77.0 cm³/mol. The third-order valence-corrected chi connectivity index (χ3v) is 5.27. The molecule has 1 saturated heterocycles. The van der Waals surface area contributed by atoms with Crippen LogP contribution in [0.3, 0.4) is 0 Å². The molecule has 0 radical (unpaired) electrons. The van der Waals surface area contributed by atoms with Crippen LogP contribution in [-0.2, 0) is 21.3 Å². The van der Waals surface area contributed by atoms with Crippen LogP contribution in [0.2, 0.25) is 0 Å². The monoisotopic (exact) mass is 300 g/mol. The predicted octanol–water partition coefficient (Wildman–Crippen LogP) is 0.876. The van der Waals surface area contributed by atoms with Crippen molar-refractivity contribution < 1.29 is 17.9 Å². The lowest BCUT2D eigenvalue weighted by Crippen LogP contribution is -2.37. The van der Waals surface area contributed by atoms with E-state index in [0.29, 0.717) is 37.5 Å². The summed E-state index contributed by atoms with van der Waals surface area (Å²) in [6.45, 7) is 1.16. The molecule has 3 N–H and O–H groups in total. The van der Waals surface area contributed by atoms with Gasteiger partial charge in [0.25, 0.3) is 0 Å². The van der Waals surface area contributed by atoms with Crippen LogP contribution < -0.4 is 15.2 Å². The minimum Gasteiger partial charge on any atom is -0.496 e. The number of benzene rings is 1. The summed E-state index contributed by atoms with van der Waals surface area (Å²) in [6.07, 6.45) is 1.06. The lowest BCUT2D eigenvalue weighted by molar-refractivity contribution is 0.0981. The molecule has 0 spiro atoms. The summed E-state index contributed by atoms with van der Waals surface area (Å²) in [5, 5.41) is -0.386. The van der Waals surface area contributed by atoms with E-state index >= 15 is 0 Å². The molecule has 20 heavy (non-hydrogen) atoms. The highest BCUT2D eigenvalue weighted by atomic mass is 32.2. The average Bonchev–Trinajstić information content (AvgIpc) is 2.46. The lowest BCUT2D eigenvalue weighted by Gasteiger charge is -2.22. The third kappa shape index (κ3) is 3.62. The van der Waals surface area contributed by atoms with Crippen molar-refractivity contribution in [2.45, 2.75) is 24.6 Å². The summed E-state index contributed by atoms with van der Waals surface area (Å²) in [4.78, 5) is 0. The van der Waals surface area contributed by atoms with E-state index in [4.69, 9.17) is 15.2 Å². The summed E-state index contributed by atoms with van der Waals surface area (Å²) in [5.41, 5.74) is 7.02. The van der Waals surface area contributed by atoms with E-state index in [1.54, 1.807) is 25.3 Å². The molecule has 1 aromatic carbocycles. The van der Waals surface area contributed by atoms with Gasteiger partial charge in [0.05, 0.1) is 12.4 Å². The van der Waals surface area contributed by atoms with Gasteiger partial charge in [-0.25, -0.2) is 13.1 Å². The number of sulfonamides is 1. The first kappa shape index (κ1) is 15.1. The Morgan fingerprint density at radius 2 is 2.10 bits per heavy atom. The van der Waals surface area contributed by atoms with Crippen molar-refractivity contribution in [2.24, 2.45) is 0 Å². The molecule has 2 rings (SSSR count). The average molecular weight is 300 g/mol. The van der Waals surface area contributed by atoms with Crippen LogP contribution >= 0.6 is 0 Å². The van der Waals surface area contributed by atoms with Gasteiger partial charge >= 0.3 is 0 Å². The highest BCUT2D eigenvalue weighted by molar-refractivity contribution is 7.90. The summed E-state index contributed by atoms with van der Waals surface area (Å²) in [6, 6.07) is 5.16. The molecule has 0 aliphatic carbocycles. The number of rotatable bonds is 5. The fourth-order valence-corrected chi connectivity index (χ4v) is 3.62. The second-order valence-corrected chi connectivity index (χ2v) is 6.79. The number of hydrogen-bond acceptors (Lipinski definition) is 5. The van der Waals surface area contributed by atoms with Gasteiger partial charge in [0.2, 0.25) is 10.0 Å². The van der Waals surface area contributed by atoms with E-state index in [1.165, 1.54) is 0 Å². The molecule has 0 aromatic heterocycles. The minimum absolute atomic E-state index is 0.175. The van der Waals surface area contributed by atoms with Gasteiger partial charge in [0.1, 0.15) is 5.75 Å². The van der Waals surface area contributed by atoms with E-state index < -0.39 is 10.0 Å². The standard InChI is InChI=1S/C13H20N2O4S/c1-18-13-3-2-11(14)8-10(13)9-15-20(16,17)12-4-6-19-7-5-12/h2-3,8,12,15H,4-7,9,14H2,1H3. The van der Waals surface area contributed by atoms with Crippen LogP contribution in [-0.4, -0.2) is 34.0 Å². The molecule has 0 amide bonds. The first-order valence-corrected chi connectivity index (χ1v) is 8.06.